The van der Waals surface area contributed by atoms with Gasteiger partial charge in [-0.15, -0.1) is 0 Å². The molecule has 3 fully saturated rings. The molecule has 1 unspecified atom stereocenters. The topological polar surface area (TPSA) is 28.6 Å². The van der Waals surface area contributed by atoms with Crippen LogP contribution in [0.1, 0.15) is 57.1 Å². The van der Waals surface area contributed by atoms with Gasteiger partial charge in [-0.2, -0.15) is 0 Å². The smallest absolute Gasteiger partial charge is 0.123 e. The Bertz CT molecular complexity index is 855. The van der Waals surface area contributed by atoms with Crippen molar-refractivity contribution in [2.45, 2.75) is 70.1 Å². The average molecular weight is 426 g/mol. The largest absolute Gasteiger partial charge is 0.377 e. The van der Waals surface area contributed by atoms with E-state index in [0.717, 1.165) is 54.8 Å². The van der Waals surface area contributed by atoms with Crippen LogP contribution in [0.5, 0.6) is 0 Å². The standard InChI is InChI=1S/C26H36FN3O/c27-22-8-10-26-21(16-22)7-9-23(28-26)18-29(19-25-6-3-15-31-25)17-20-11-13-30(14-12-20)24-4-1-2-5-24/h7-10,16,20,24-25H,1-6,11-15,17-19H2. The van der Waals surface area contributed by atoms with Crippen molar-refractivity contribution in [1.82, 2.24) is 14.8 Å². The molecule has 1 saturated carbocycles. The number of rotatable bonds is 7. The summed E-state index contributed by atoms with van der Waals surface area (Å²) >= 11 is 0. The first-order valence-corrected chi connectivity index (χ1v) is 12.4. The molecule has 0 amide bonds. The molecule has 0 radical (unpaired) electrons. The first-order valence-electron chi connectivity index (χ1n) is 12.4. The van der Waals surface area contributed by atoms with Crippen molar-refractivity contribution in [2.75, 3.05) is 32.8 Å². The van der Waals surface area contributed by atoms with Crippen molar-refractivity contribution in [3.8, 4) is 0 Å². The zero-order valence-corrected chi connectivity index (χ0v) is 18.6. The predicted octanol–water partition coefficient (Wildman–Crippen LogP) is 5.01. The minimum atomic E-state index is -0.203. The van der Waals surface area contributed by atoms with Crippen molar-refractivity contribution in [1.29, 1.82) is 0 Å². The monoisotopic (exact) mass is 425 g/mol. The molecule has 0 bridgehead atoms. The number of fused-ring (bicyclic) bond motifs is 1. The second-order valence-electron chi connectivity index (χ2n) is 9.89. The van der Waals surface area contributed by atoms with Crippen molar-refractivity contribution in [3.05, 3.63) is 41.8 Å². The molecule has 5 rings (SSSR count). The van der Waals surface area contributed by atoms with Gasteiger partial charge in [0.25, 0.3) is 0 Å². The normalized spacial score (nSPS) is 24.0. The molecule has 1 aromatic carbocycles. The molecule has 1 atom stereocenters. The molecule has 1 aromatic heterocycles. The Morgan fingerprint density at radius 2 is 1.81 bits per heavy atom. The number of halogens is 1. The van der Waals surface area contributed by atoms with E-state index in [0.29, 0.717) is 6.10 Å². The number of hydrogen-bond acceptors (Lipinski definition) is 4. The van der Waals surface area contributed by atoms with Crippen LogP contribution in [-0.4, -0.2) is 59.7 Å². The third-order valence-corrected chi connectivity index (χ3v) is 7.59. The van der Waals surface area contributed by atoms with E-state index in [4.69, 9.17) is 9.72 Å². The first kappa shape index (κ1) is 21.3. The SMILES string of the molecule is Fc1ccc2nc(CN(CC3CCN(C4CCCC4)CC3)CC3CCCO3)ccc2c1. The van der Waals surface area contributed by atoms with Crippen molar-refractivity contribution < 1.29 is 9.13 Å². The molecular formula is C26H36FN3O. The van der Waals surface area contributed by atoms with Gasteiger partial charge in [0.15, 0.2) is 0 Å². The summed E-state index contributed by atoms with van der Waals surface area (Å²) in [5, 5.41) is 0.869. The third kappa shape index (κ3) is 5.44. The molecule has 2 aliphatic heterocycles. The minimum Gasteiger partial charge on any atom is -0.377 e. The van der Waals surface area contributed by atoms with Crippen molar-refractivity contribution in [2.24, 2.45) is 5.92 Å². The van der Waals surface area contributed by atoms with E-state index in [-0.39, 0.29) is 5.82 Å². The molecular weight excluding hydrogens is 389 g/mol. The van der Waals surface area contributed by atoms with Crippen LogP contribution in [0.2, 0.25) is 0 Å². The molecule has 31 heavy (non-hydrogen) atoms. The number of aromatic nitrogens is 1. The lowest BCUT2D eigenvalue weighted by molar-refractivity contribution is 0.0536. The van der Waals surface area contributed by atoms with Crippen LogP contribution in [0.3, 0.4) is 0 Å². The maximum atomic E-state index is 13.5. The number of piperidine rings is 1. The molecule has 168 valence electrons. The minimum absolute atomic E-state index is 0.203. The lowest BCUT2D eigenvalue weighted by atomic mass is 9.94. The molecule has 3 heterocycles. The molecule has 4 nitrogen and oxygen atoms in total. The van der Waals surface area contributed by atoms with Crippen LogP contribution in [-0.2, 0) is 11.3 Å². The van der Waals surface area contributed by atoms with Crippen LogP contribution in [0.25, 0.3) is 10.9 Å². The number of likely N-dealkylation sites (tertiary alicyclic amines) is 1. The zero-order valence-electron chi connectivity index (χ0n) is 18.6. The van der Waals surface area contributed by atoms with E-state index in [1.54, 1.807) is 12.1 Å². The summed E-state index contributed by atoms with van der Waals surface area (Å²) in [5.41, 5.74) is 1.95. The summed E-state index contributed by atoms with van der Waals surface area (Å²) in [6, 6.07) is 9.78. The summed E-state index contributed by atoms with van der Waals surface area (Å²) in [7, 11) is 0. The van der Waals surface area contributed by atoms with Gasteiger partial charge in [0.1, 0.15) is 5.82 Å². The Morgan fingerprint density at radius 3 is 2.58 bits per heavy atom. The fourth-order valence-electron chi connectivity index (χ4n) is 5.87. The summed E-state index contributed by atoms with van der Waals surface area (Å²) < 4.78 is 19.5. The van der Waals surface area contributed by atoms with Gasteiger partial charge in [0.05, 0.1) is 17.3 Å². The van der Waals surface area contributed by atoms with Gasteiger partial charge in [-0.25, -0.2) is 4.39 Å². The predicted molar refractivity (Wildman–Crippen MR) is 123 cm³/mol. The zero-order chi connectivity index (χ0) is 21.0. The average Bonchev–Trinajstić information content (AvgIpc) is 3.49. The highest BCUT2D eigenvalue weighted by Gasteiger charge is 2.29. The quantitative estimate of drug-likeness (QED) is 0.624. The highest BCUT2D eigenvalue weighted by molar-refractivity contribution is 5.78. The molecule has 1 aliphatic carbocycles. The second-order valence-corrected chi connectivity index (χ2v) is 9.89. The van der Waals surface area contributed by atoms with Gasteiger partial charge in [0.2, 0.25) is 0 Å². The van der Waals surface area contributed by atoms with Gasteiger partial charge in [-0.05, 0) is 81.8 Å². The fourth-order valence-corrected chi connectivity index (χ4v) is 5.87. The van der Waals surface area contributed by atoms with Crippen LogP contribution < -0.4 is 0 Å². The number of ether oxygens (including phenoxy) is 1. The Labute approximate surface area is 185 Å². The Balaban J connectivity index is 1.23. The lowest BCUT2D eigenvalue weighted by Gasteiger charge is -2.38. The van der Waals surface area contributed by atoms with E-state index in [9.17, 15) is 4.39 Å². The number of hydrogen-bond donors (Lipinski definition) is 0. The Morgan fingerprint density at radius 1 is 0.968 bits per heavy atom. The number of nitrogens with zero attached hydrogens (tertiary/aromatic N) is 3. The molecule has 3 aliphatic rings. The summed E-state index contributed by atoms with van der Waals surface area (Å²) in [4.78, 5) is 10.2. The lowest BCUT2D eigenvalue weighted by Crippen LogP contribution is -2.43. The van der Waals surface area contributed by atoms with E-state index in [2.05, 4.69) is 15.9 Å². The third-order valence-electron chi connectivity index (χ3n) is 7.59. The maximum absolute atomic E-state index is 13.5. The van der Waals surface area contributed by atoms with E-state index in [1.807, 2.05) is 6.07 Å². The summed E-state index contributed by atoms with van der Waals surface area (Å²) in [5.74, 6) is 0.555. The summed E-state index contributed by atoms with van der Waals surface area (Å²) in [6.45, 7) is 6.40. The van der Waals surface area contributed by atoms with Crippen LogP contribution in [0.4, 0.5) is 4.39 Å². The first-order chi connectivity index (χ1) is 15.2. The van der Waals surface area contributed by atoms with Crippen LogP contribution in [0.15, 0.2) is 30.3 Å². The Kier molecular flexibility index (Phi) is 6.82. The van der Waals surface area contributed by atoms with Gasteiger partial charge >= 0.3 is 0 Å². The molecule has 0 N–H and O–H groups in total. The Hall–Kier alpha value is -1.56. The van der Waals surface area contributed by atoms with Crippen molar-refractivity contribution >= 4 is 10.9 Å². The maximum Gasteiger partial charge on any atom is 0.123 e. The molecule has 2 saturated heterocycles. The van der Waals surface area contributed by atoms with Gasteiger partial charge in [-0.3, -0.25) is 9.88 Å². The van der Waals surface area contributed by atoms with Crippen LogP contribution in [0, 0.1) is 11.7 Å². The number of benzene rings is 1. The van der Waals surface area contributed by atoms with E-state index in [1.165, 1.54) is 70.5 Å². The molecule has 2 aromatic rings. The van der Waals surface area contributed by atoms with Crippen LogP contribution >= 0.6 is 0 Å². The molecule has 5 heteroatoms. The van der Waals surface area contributed by atoms with Gasteiger partial charge < -0.3 is 9.64 Å². The van der Waals surface area contributed by atoms with E-state index < -0.39 is 0 Å². The molecule has 0 spiro atoms. The summed E-state index contributed by atoms with van der Waals surface area (Å²) in [6.07, 6.45) is 11.0. The van der Waals surface area contributed by atoms with Gasteiger partial charge in [0, 0.05) is 37.7 Å². The fraction of sp³-hybridized carbons (Fsp3) is 0.654. The van der Waals surface area contributed by atoms with E-state index >= 15 is 0 Å². The highest BCUT2D eigenvalue weighted by Crippen LogP contribution is 2.29. The van der Waals surface area contributed by atoms with Crippen molar-refractivity contribution in [3.63, 3.8) is 0 Å². The highest BCUT2D eigenvalue weighted by atomic mass is 19.1. The van der Waals surface area contributed by atoms with Gasteiger partial charge in [-0.1, -0.05) is 18.9 Å². The second kappa shape index (κ2) is 9.93. The number of pyridine rings is 1.